The van der Waals surface area contributed by atoms with Gasteiger partial charge in [0.25, 0.3) is 0 Å². The Bertz CT molecular complexity index is 421. The summed E-state index contributed by atoms with van der Waals surface area (Å²) in [6.07, 6.45) is 2.02. The zero-order valence-electron chi connectivity index (χ0n) is 10.2. The summed E-state index contributed by atoms with van der Waals surface area (Å²) in [4.78, 5) is 14.8. The number of pyridine rings is 1. The molecule has 4 N–H and O–H groups in total. The molecule has 17 heavy (non-hydrogen) atoms. The first-order valence-corrected chi connectivity index (χ1v) is 6.37. The van der Waals surface area contributed by atoms with Crippen molar-refractivity contribution in [1.82, 2.24) is 4.98 Å². The smallest absolute Gasteiger partial charge is 0.354 e. The van der Waals surface area contributed by atoms with Crippen LogP contribution in [0.25, 0.3) is 0 Å². The molecular weight excluding hydrogens is 238 g/mol. The summed E-state index contributed by atoms with van der Waals surface area (Å²) < 4.78 is 0.0351. The molecule has 0 saturated carbocycles. The molecule has 0 aliphatic carbocycles. The third-order valence-electron chi connectivity index (χ3n) is 2.38. The number of nitrogens with one attached hydrogen (secondary N) is 1. The number of nitrogen functional groups attached to an aromatic ring is 1. The van der Waals surface area contributed by atoms with Crippen molar-refractivity contribution in [3.05, 3.63) is 17.8 Å². The van der Waals surface area contributed by atoms with Gasteiger partial charge in [0.2, 0.25) is 0 Å². The Labute approximate surface area is 105 Å². The van der Waals surface area contributed by atoms with Crippen LogP contribution >= 0.6 is 11.8 Å². The third kappa shape index (κ3) is 3.81. The molecule has 0 saturated heterocycles. The first kappa shape index (κ1) is 13.6. The van der Waals surface area contributed by atoms with E-state index in [1.165, 1.54) is 6.07 Å². The van der Waals surface area contributed by atoms with E-state index in [9.17, 15) is 4.79 Å². The van der Waals surface area contributed by atoms with Gasteiger partial charge in [0.1, 0.15) is 5.82 Å². The van der Waals surface area contributed by atoms with Crippen molar-refractivity contribution in [3.63, 3.8) is 0 Å². The highest BCUT2D eigenvalue weighted by molar-refractivity contribution is 7.99. The van der Waals surface area contributed by atoms with Crippen molar-refractivity contribution in [2.24, 2.45) is 0 Å². The molecule has 1 aromatic rings. The third-order valence-corrected chi connectivity index (χ3v) is 3.63. The number of anilines is 2. The van der Waals surface area contributed by atoms with Gasteiger partial charge >= 0.3 is 5.97 Å². The molecule has 1 aromatic heterocycles. The van der Waals surface area contributed by atoms with Crippen LogP contribution in [-0.2, 0) is 0 Å². The maximum atomic E-state index is 10.8. The second kappa shape index (κ2) is 5.27. The van der Waals surface area contributed by atoms with Crippen LogP contribution in [-0.4, -0.2) is 33.6 Å². The van der Waals surface area contributed by atoms with E-state index in [0.717, 1.165) is 0 Å². The molecule has 0 aromatic carbocycles. The first-order chi connectivity index (χ1) is 7.85. The van der Waals surface area contributed by atoms with Crippen molar-refractivity contribution in [2.45, 2.75) is 18.6 Å². The number of nitrogens with two attached hydrogens (primary N) is 1. The Balaban J connectivity index is 2.83. The van der Waals surface area contributed by atoms with Crippen LogP contribution in [0.3, 0.4) is 0 Å². The average molecular weight is 255 g/mol. The molecule has 6 heteroatoms. The van der Waals surface area contributed by atoms with Crippen LogP contribution in [0.2, 0.25) is 0 Å². The van der Waals surface area contributed by atoms with E-state index in [0.29, 0.717) is 18.1 Å². The fourth-order valence-corrected chi connectivity index (χ4v) is 1.32. The van der Waals surface area contributed by atoms with Crippen molar-refractivity contribution in [3.8, 4) is 0 Å². The molecule has 1 heterocycles. The Morgan fingerprint density at radius 2 is 2.24 bits per heavy atom. The molecule has 0 radical (unpaired) electrons. The monoisotopic (exact) mass is 255 g/mol. The minimum atomic E-state index is -1.06. The largest absolute Gasteiger partial charge is 0.477 e. The highest BCUT2D eigenvalue weighted by Crippen LogP contribution is 2.23. The normalized spacial score (nSPS) is 11.2. The highest BCUT2D eigenvalue weighted by atomic mass is 32.2. The maximum absolute atomic E-state index is 10.8. The molecule has 0 amide bonds. The van der Waals surface area contributed by atoms with E-state index in [1.54, 1.807) is 17.8 Å². The quantitative estimate of drug-likeness (QED) is 0.745. The number of aromatic nitrogens is 1. The van der Waals surface area contributed by atoms with Crippen molar-refractivity contribution < 1.29 is 9.90 Å². The van der Waals surface area contributed by atoms with Crippen LogP contribution in [0, 0.1) is 0 Å². The molecule has 94 valence electrons. The highest BCUT2D eigenvalue weighted by Gasteiger charge is 2.17. The van der Waals surface area contributed by atoms with Gasteiger partial charge in [0.15, 0.2) is 5.69 Å². The van der Waals surface area contributed by atoms with Crippen molar-refractivity contribution in [1.29, 1.82) is 0 Å². The molecule has 0 spiro atoms. The minimum absolute atomic E-state index is 0.0105. The number of thioether (sulfide) groups is 1. The van der Waals surface area contributed by atoms with Crippen LogP contribution in [0.4, 0.5) is 11.5 Å². The minimum Gasteiger partial charge on any atom is -0.477 e. The van der Waals surface area contributed by atoms with E-state index in [1.807, 2.05) is 6.26 Å². The summed E-state index contributed by atoms with van der Waals surface area (Å²) in [7, 11) is 0. The summed E-state index contributed by atoms with van der Waals surface area (Å²) in [5.41, 5.74) is 6.18. The second-order valence-corrected chi connectivity index (χ2v) is 5.77. The molecule has 0 aliphatic rings. The summed E-state index contributed by atoms with van der Waals surface area (Å²) in [5.74, 6) is -0.635. The van der Waals surface area contributed by atoms with Gasteiger partial charge in [-0.25, -0.2) is 9.78 Å². The molecule has 0 atom stereocenters. The lowest BCUT2D eigenvalue weighted by molar-refractivity contribution is 0.0690. The average Bonchev–Trinajstić information content (AvgIpc) is 2.27. The first-order valence-electron chi connectivity index (χ1n) is 5.14. The van der Waals surface area contributed by atoms with E-state index in [2.05, 4.69) is 24.1 Å². The Hall–Kier alpha value is -1.43. The lowest BCUT2D eigenvalue weighted by Gasteiger charge is -2.23. The summed E-state index contributed by atoms with van der Waals surface area (Å²) >= 11 is 1.72. The van der Waals surface area contributed by atoms with Gasteiger partial charge in [-0.05, 0) is 32.2 Å². The van der Waals surface area contributed by atoms with E-state index >= 15 is 0 Å². The molecule has 0 fully saturated rings. The summed E-state index contributed by atoms with van der Waals surface area (Å²) in [6.45, 7) is 4.83. The lowest BCUT2D eigenvalue weighted by Crippen LogP contribution is -2.26. The summed E-state index contributed by atoms with van der Waals surface area (Å²) in [5, 5.41) is 11.9. The van der Waals surface area contributed by atoms with E-state index < -0.39 is 5.97 Å². The van der Waals surface area contributed by atoms with Crippen LogP contribution in [0.15, 0.2) is 12.1 Å². The fourth-order valence-electron chi connectivity index (χ4n) is 1.10. The van der Waals surface area contributed by atoms with Crippen LogP contribution < -0.4 is 11.1 Å². The zero-order chi connectivity index (χ0) is 13.1. The van der Waals surface area contributed by atoms with Crippen LogP contribution in [0.5, 0.6) is 0 Å². The standard InChI is InChI=1S/C11H17N3O2S/c1-11(2,17-3)6-13-9-7(12)4-5-8(14-9)10(15)16/h4-5H,6,12H2,1-3H3,(H,13,14)(H,15,16). The SMILES string of the molecule is CSC(C)(C)CNc1nc(C(=O)O)ccc1N. The molecule has 0 bridgehead atoms. The molecule has 5 nitrogen and oxygen atoms in total. The van der Waals surface area contributed by atoms with Crippen LogP contribution in [0.1, 0.15) is 24.3 Å². The topological polar surface area (TPSA) is 88.2 Å². The van der Waals surface area contributed by atoms with E-state index in [4.69, 9.17) is 10.8 Å². The summed E-state index contributed by atoms with van der Waals surface area (Å²) in [6, 6.07) is 2.94. The van der Waals surface area contributed by atoms with Gasteiger partial charge in [-0.1, -0.05) is 0 Å². The van der Waals surface area contributed by atoms with Crippen molar-refractivity contribution >= 4 is 29.2 Å². The van der Waals surface area contributed by atoms with Crippen molar-refractivity contribution in [2.75, 3.05) is 23.9 Å². The predicted molar refractivity (Wildman–Crippen MR) is 71.7 cm³/mol. The number of carbonyl (C=O) groups is 1. The number of carboxylic acids is 1. The Kier molecular flexibility index (Phi) is 4.22. The number of aromatic carboxylic acids is 1. The fraction of sp³-hybridized carbons (Fsp3) is 0.455. The second-order valence-electron chi connectivity index (χ2n) is 4.26. The Morgan fingerprint density at radius 3 is 2.76 bits per heavy atom. The number of hydrogen-bond donors (Lipinski definition) is 3. The van der Waals surface area contributed by atoms with E-state index in [-0.39, 0.29) is 10.4 Å². The zero-order valence-corrected chi connectivity index (χ0v) is 11.0. The number of nitrogens with zero attached hydrogens (tertiary/aromatic N) is 1. The Morgan fingerprint density at radius 1 is 1.59 bits per heavy atom. The molecular formula is C11H17N3O2S. The molecule has 0 aliphatic heterocycles. The van der Waals surface area contributed by atoms with Gasteiger partial charge in [-0.15, -0.1) is 0 Å². The van der Waals surface area contributed by atoms with Gasteiger partial charge in [0.05, 0.1) is 5.69 Å². The number of rotatable bonds is 5. The predicted octanol–water partition coefficient (Wildman–Crippen LogP) is 1.92. The van der Waals surface area contributed by atoms with Gasteiger partial charge in [-0.2, -0.15) is 11.8 Å². The molecule has 0 unspecified atom stereocenters. The van der Waals surface area contributed by atoms with Gasteiger partial charge in [0, 0.05) is 11.3 Å². The van der Waals surface area contributed by atoms with Gasteiger partial charge in [-0.3, -0.25) is 0 Å². The maximum Gasteiger partial charge on any atom is 0.354 e. The number of hydrogen-bond acceptors (Lipinski definition) is 5. The molecule has 1 rings (SSSR count). The van der Waals surface area contributed by atoms with Gasteiger partial charge < -0.3 is 16.2 Å². The number of carboxylic acid groups (broad SMARTS) is 1. The lowest BCUT2D eigenvalue weighted by atomic mass is 10.2.